The molecule has 0 atom stereocenters. The Morgan fingerprint density at radius 2 is 2.10 bits per heavy atom. The Balaban J connectivity index is 1.41. The molecule has 158 valence electrons. The van der Waals surface area contributed by atoms with E-state index in [0.29, 0.717) is 18.4 Å². The van der Waals surface area contributed by atoms with Crippen LogP contribution in [0.5, 0.6) is 6.01 Å². The molecule has 1 aliphatic rings. The Bertz CT molecular complexity index is 996. The van der Waals surface area contributed by atoms with Gasteiger partial charge in [-0.25, -0.2) is 0 Å². The third kappa shape index (κ3) is 5.05. The molecule has 0 spiro atoms. The number of fused-ring (bicyclic) bond motifs is 1. The number of morpholine rings is 1. The lowest BCUT2D eigenvalue weighted by Gasteiger charge is -2.26. The van der Waals surface area contributed by atoms with Crippen molar-refractivity contribution >= 4 is 28.8 Å². The van der Waals surface area contributed by atoms with Crippen LogP contribution in [0.25, 0.3) is 10.9 Å². The maximum absolute atomic E-state index is 5.82. The summed E-state index contributed by atoms with van der Waals surface area (Å²) in [5, 5.41) is 5.47. The number of benzene rings is 1. The number of hydrazone groups is 1. The number of hydrogen-bond acceptors (Lipinski definition) is 8. The number of aromatic amines is 1. The van der Waals surface area contributed by atoms with Crippen molar-refractivity contribution in [3.63, 3.8) is 0 Å². The van der Waals surface area contributed by atoms with Crippen molar-refractivity contribution in [2.24, 2.45) is 5.10 Å². The SMILES string of the molecule is CN(C)c1cc(NN=Cc2c[nH]c3ccccc23)nc(OCCN2CCOCC2)n1. The van der Waals surface area contributed by atoms with Crippen molar-refractivity contribution in [1.29, 1.82) is 0 Å². The molecule has 9 nitrogen and oxygen atoms in total. The van der Waals surface area contributed by atoms with Gasteiger partial charge in [0, 0.05) is 62.5 Å². The van der Waals surface area contributed by atoms with Crippen LogP contribution in [0.15, 0.2) is 41.6 Å². The van der Waals surface area contributed by atoms with Crippen LogP contribution in [0.3, 0.4) is 0 Å². The molecule has 1 aromatic carbocycles. The molecule has 0 amide bonds. The fourth-order valence-corrected chi connectivity index (χ4v) is 3.22. The van der Waals surface area contributed by atoms with Crippen LogP contribution in [0.1, 0.15) is 5.56 Å². The molecule has 1 saturated heterocycles. The van der Waals surface area contributed by atoms with Crippen LogP contribution in [0.4, 0.5) is 11.6 Å². The van der Waals surface area contributed by atoms with Gasteiger partial charge in [-0.2, -0.15) is 15.1 Å². The van der Waals surface area contributed by atoms with Gasteiger partial charge in [0.05, 0.1) is 19.4 Å². The highest BCUT2D eigenvalue weighted by atomic mass is 16.5. The van der Waals surface area contributed by atoms with E-state index in [0.717, 1.165) is 55.1 Å². The number of H-pyrrole nitrogens is 1. The van der Waals surface area contributed by atoms with Gasteiger partial charge in [-0.1, -0.05) is 18.2 Å². The Morgan fingerprint density at radius 3 is 2.93 bits per heavy atom. The minimum absolute atomic E-state index is 0.333. The third-order valence-electron chi connectivity index (χ3n) is 4.90. The maximum atomic E-state index is 5.82. The fourth-order valence-electron chi connectivity index (χ4n) is 3.22. The van der Waals surface area contributed by atoms with Crippen molar-refractivity contribution < 1.29 is 9.47 Å². The highest BCUT2D eigenvalue weighted by molar-refractivity contribution is 5.99. The molecule has 0 radical (unpaired) electrons. The fraction of sp³-hybridized carbons (Fsp3) is 0.381. The summed E-state index contributed by atoms with van der Waals surface area (Å²) in [4.78, 5) is 16.4. The zero-order valence-electron chi connectivity index (χ0n) is 17.3. The zero-order chi connectivity index (χ0) is 20.8. The molecule has 4 rings (SSSR count). The van der Waals surface area contributed by atoms with Crippen molar-refractivity contribution in [3.8, 4) is 6.01 Å². The quantitative estimate of drug-likeness (QED) is 0.435. The molecular formula is C21H27N7O2. The minimum atomic E-state index is 0.333. The molecule has 30 heavy (non-hydrogen) atoms. The normalized spacial score (nSPS) is 15.0. The lowest BCUT2D eigenvalue weighted by atomic mass is 10.2. The molecule has 0 aliphatic carbocycles. The van der Waals surface area contributed by atoms with E-state index >= 15 is 0 Å². The second-order valence-corrected chi connectivity index (χ2v) is 7.25. The van der Waals surface area contributed by atoms with E-state index in [2.05, 4.69) is 36.4 Å². The lowest BCUT2D eigenvalue weighted by molar-refractivity contribution is 0.0317. The largest absolute Gasteiger partial charge is 0.462 e. The zero-order valence-corrected chi connectivity index (χ0v) is 17.3. The topological polar surface area (TPSA) is 90.9 Å². The summed E-state index contributed by atoms with van der Waals surface area (Å²) >= 11 is 0. The van der Waals surface area contributed by atoms with Gasteiger partial charge in [-0.3, -0.25) is 10.3 Å². The number of nitrogens with one attached hydrogen (secondary N) is 2. The van der Waals surface area contributed by atoms with Crippen LogP contribution in [0.2, 0.25) is 0 Å². The third-order valence-corrected chi connectivity index (χ3v) is 4.90. The van der Waals surface area contributed by atoms with Gasteiger partial charge < -0.3 is 19.4 Å². The molecule has 3 heterocycles. The Labute approximate surface area is 175 Å². The van der Waals surface area contributed by atoms with E-state index in [-0.39, 0.29) is 0 Å². The van der Waals surface area contributed by atoms with Crippen LogP contribution in [-0.2, 0) is 4.74 Å². The van der Waals surface area contributed by atoms with Gasteiger partial charge in [-0.15, -0.1) is 0 Å². The molecule has 0 unspecified atom stereocenters. The second kappa shape index (κ2) is 9.55. The first-order valence-electron chi connectivity index (χ1n) is 10.0. The predicted octanol–water partition coefficient (Wildman–Crippen LogP) is 2.18. The highest BCUT2D eigenvalue weighted by Gasteiger charge is 2.11. The van der Waals surface area contributed by atoms with E-state index < -0.39 is 0 Å². The molecule has 9 heteroatoms. The minimum Gasteiger partial charge on any atom is -0.462 e. The van der Waals surface area contributed by atoms with Crippen molar-refractivity contribution in [3.05, 3.63) is 42.1 Å². The Hall–Kier alpha value is -3.17. The number of para-hydroxylation sites is 1. The lowest BCUT2D eigenvalue weighted by Crippen LogP contribution is -2.38. The number of ether oxygens (including phenoxy) is 2. The summed E-state index contributed by atoms with van der Waals surface area (Å²) in [6.07, 6.45) is 3.70. The summed E-state index contributed by atoms with van der Waals surface area (Å²) in [6, 6.07) is 10.3. The molecule has 0 bridgehead atoms. The van der Waals surface area contributed by atoms with E-state index in [9.17, 15) is 0 Å². The summed E-state index contributed by atoms with van der Waals surface area (Å²) < 4.78 is 11.2. The number of nitrogens with zero attached hydrogens (tertiary/aromatic N) is 5. The van der Waals surface area contributed by atoms with E-state index in [1.165, 1.54) is 0 Å². The van der Waals surface area contributed by atoms with Gasteiger partial charge in [0.1, 0.15) is 12.4 Å². The van der Waals surface area contributed by atoms with Gasteiger partial charge in [0.15, 0.2) is 5.82 Å². The molecule has 0 saturated carbocycles. The monoisotopic (exact) mass is 409 g/mol. The molecule has 2 aromatic heterocycles. The summed E-state index contributed by atoms with van der Waals surface area (Å²) in [7, 11) is 3.86. The Morgan fingerprint density at radius 1 is 1.27 bits per heavy atom. The van der Waals surface area contributed by atoms with E-state index in [1.807, 2.05) is 49.5 Å². The number of rotatable bonds is 8. The average molecular weight is 409 g/mol. The second-order valence-electron chi connectivity index (χ2n) is 7.25. The first-order valence-corrected chi connectivity index (χ1v) is 10.0. The standard InChI is InChI=1S/C21H27N7O2/c1-27(2)20-13-19(24-21(25-20)30-12-9-28-7-10-29-11-8-28)26-23-15-16-14-22-18-6-4-3-5-17(16)18/h3-6,13-15,22H,7-12H2,1-2H3,(H,24,25,26). The van der Waals surface area contributed by atoms with Crippen molar-refractivity contribution in [1.82, 2.24) is 19.9 Å². The number of anilines is 2. The predicted molar refractivity (Wildman–Crippen MR) is 119 cm³/mol. The molecule has 1 aliphatic heterocycles. The first-order chi connectivity index (χ1) is 14.7. The average Bonchev–Trinajstić information content (AvgIpc) is 3.18. The van der Waals surface area contributed by atoms with Gasteiger partial charge in [0.2, 0.25) is 0 Å². The molecule has 3 aromatic rings. The van der Waals surface area contributed by atoms with Gasteiger partial charge in [0.25, 0.3) is 0 Å². The maximum Gasteiger partial charge on any atom is 0.320 e. The van der Waals surface area contributed by atoms with Crippen LogP contribution >= 0.6 is 0 Å². The molecular weight excluding hydrogens is 382 g/mol. The summed E-state index contributed by atoms with van der Waals surface area (Å²) in [5.74, 6) is 1.32. The van der Waals surface area contributed by atoms with Crippen molar-refractivity contribution in [2.45, 2.75) is 0 Å². The van der Waals surface area contributed by atoms with Crippen LogP contribution < -0.4 is 15.1 Å². The van der Waals surface area contributed by atoms with Crippen LogP contribution in [-0.4, -0.2) is 79.6 Å². The Kier molecular flexibility index (Phi) is 6.41. The van der Waals surface area contributed by atoms with Gasteiger partial charge >= 0.3 is 6.01 Å². The number of hydrogen-bond donors (Lipinski definition) is 2. The van der Waals surface area contributed by atoms with E-state index in [1.54, 1.807) is 6.21 Å². The smallest absolute Gasteiger partial charge is 0.320 e. The molecule has 1 fully saturated rings. The highest BCUT2D eigenvalue weighted by Crippen LogP contribution is 2.19. The summed E-state index contributed by atoms with van der Waals surface area (Å²) in [5.41, 5.74) is 5.07. The van der Waals surface area contributed by atoms with Gasteiger partial charge in [-0.05, 0) is 6.07 Å². The first kappa shape index (κ1) is 20.1. The van der Waals surface area contributed by atoms with Crippen molar-refractivity contribution in [2.75, 3.05) is 63.9 Å². The molecule has 2 N–H and O–H groups in total. The van der Waals surface area contributed by atoms with E-state index in [4.69, 9.17) is 9.47 Å². The van der Waals surface area contributed by atoms with Crippen LogP contribution in [0, 0.1) is 0 Å². The summed E-state index contributed by atoms with van der Waals surface area (Å²) in [6.45, 7) is 4.74. The number of aromatic nitrogens is 3.